The second-order valence-electron chi connectivity index (χ2n) is 8.69. The number of hydrogen-bond donors (Lipinski definition) is 1. The molecule has 3 heterocycles. The normalized spacial score (nSPS) is 15.5. The van der Waals surface area contributed by atoms with E-state index >= 15 is 0 Å². The molecule has 2 aliphatic heterocycles. The molecule has 8 heteroatoms. The average molecular weight is 471 g/mol. The highest BCUT2D eigenvalue weighted by molar-refractivity contribution is 5.97. The third kappa shape index (κ3) is 4.85. The van der Waals surface area contributed by atoms with Crippen molar-refractivity contribution in [2.75, 3.05) is 25.2 Å². The minimum Gasteiger partial charge on any atom is -0.454 e. The van der Waals surface area contributed by atoms with Crippen LogP contribution in [0.3, 0.4) is 0 Å². The lowest BCUT2D eigenvalue weighted by atomic mass is 9.95. The van der Waals surface area contributed by atoms with E-state index in [2.05, 4.69) is 11.4 Å². The van der Waals surface area contributed by atoms with Gasteiger partial charge in [0.1, 0.15) is 0 Å². The number of piperidine rings is 1. The number of carbonyl (C=O) groups excluding carboxylic acids is 2. The Morgan fingerprint density at radius 2 is 1.91 bits per heavy atom. The molecule has 0 spiro atoms. The molecular formula is C27H26N4O4. The third-order valence-corrected chi connectivity index (χ3v) is 6.51. The summed E-state index contributed by atoms with van der Waals surface area (Å²) in [5.41, 5.74) is 2.67. The van der Waals surface area contributed by atoms with Crippen LogP contribution >= 0.6 is 0 Å². The van der Waals surface area contributed by atoms with Gasteiger partial charge in [0.25, 0.3) is 0 Å². The summed E-state index contributed by atoms with van der Waals surface area (Å²) in [6.07, 6.45) is 7.08. The number of hydrogen-bond acceptors (Lipinski definition) is 5. The van der Waals surface area contributed by atoms with Crippen molar-refractivity contribution >= 4 is 34.5 Å². The molecule has 0 aliphatic carbocycles. The number of aromatic nitrogens is 1. The molecule has 1 saturated heterocycles. The minimum atomic E-state index is -0.147. The lowest BCUT2D eigenvalue weighted by Gasteiger charge is -2.30. The zero-order valence-electron chi connectivity index (χ0n) is 19.3. The van der Waals surface area contributed by atoms with Gasteiger partial charge in [-0.15, -0.1) is 0 Å². The zero-order chi connectivity index (χ0) is 24.2. The van der Waals surface area contributed by atoms with Crippen molar-refractivity contribution in [3.63, 3.8) is 0 Å². The van der Waals surface area contributed by atoms with Gasteiger partial charge in [-0.3, -0.25) is 9.59 Å². The van der Waals surface area contributed by atoms with Gasteiger partial charge in [-0.1, -0.05) is 18.2 Å². The van der Waals surface area contributed by atoms with Crippen molar-refractivity contribution < 1.29 is 19.1 Å². The van der Waals surface area contributed by atoms with E-state index in [-0.39, 0.29) is 24.5 Å². The molecule has 178 valence electrons. The molecule has 1 aromatic heterocycles. The summed E-state index contributed by atoms with van der Waals surface area (Å²) >= 11 is 0. The summed E-state index contributed by atoms with van der Waals surface area (Å²) < 4.78 is 12.7. The monoisotopic (exact) mass is 470 g/mol. The Labute approximate surface area is 203 Å². The molecule has 0 saturated carbocycles. The maximum Gasteiger partial charge on any atom is 0.246 e. The molecule has 35 heavy (non-hydrogen) atoms. The lowest BCUT2D eigenvalue weighted by Crippen LogP contribution is -2.40. The Bertz CT molecular complexity index is 1330. The van der Waals surface area contributed by atoms with E-state index in [1.807, 2.05) is 41.1 Å². The van der Waals surface area contributed by atoms with Crippen LogP contribution in [-0.4, -0.2) is 41.2 Å². The van der Waals surface area contributed by atoms with E-state index in [1.54, 1.807) is 29.2 Å². The van der Waals surface area contributed by atoms with Crippen LogP contribution < -0.4 is 14.8 Å². The molecule has 8 nitrogen and oxygen atoms in total. The second-order valence-corrected chi connectivity index (χ2v) is 8.69. The number of benzene rings is 2. The molecule has 0 unspecified atom stereocenters. The summed E-state index contributed by atoms with van der Waals surface area (Å²) in [5.74, 6) is 1.05. The van der Waals surface area contributed by atoms with Gasteiger partial charge in [0.05, 0.1) is 12.5 Å². The standard InChI is InChI=1S/C27H26N4O4/c28-12-3-13-31-17-20(22-4-1-2-5-23(22)31)6-9-26(32)30-14-10-19(11-15-30)27(33)29-21-7-8-24-25(16-21)35-18-34-24/h1-2,4-9,16-17,19H,3,10-11,13-15,18H2,(H,29,33). The van der Waals surface area contributed by atoms with Crippen molar-refractivity contribution in [2.45, 2.75) is 25.8 Å². The first-order valence-electron chi connectivity index (χ1n) is 11.7. The van der Waals surface area contributed by atoms with Crippen LogP contribution in [0.4, 0.5) is 5.69 Å². The molecule has 2 aromatic carbocycles. The van der Waals surface area contributed by atoms with Crippen LogP contribution in [0, 0.1) is 17.2 Å². The average Bonchev–Trinajstić information content (AvgIpc) is 3.50. The molecule has 0 radical (unpaired) electrons. The minimum absolute atomic E-state index is 0.0447. The second kappa shape index (κ2) is 9.94. The highest BCUT2D eigenvalue weighted by Crippen LogP contribution is 2.34. The Balaban J connectivity index is 1.17. The quantitative estimate of drug-likeness (QED) is 0.546. The van der Waals surface area contributed by atoms with Crippen LogP contribution in [0.25, 0.3) is 17.0 Å². The number of anilines is 1. The molecular weight excluding hydrogens is 444 g/mol. The molecule has 1 N–H and O–H groups in total. The molecule has 0 atom stereocenters. The number of amides is 2. The fourth-order valence-electron chi connectivity index (χ4n) is 4.61. The fourth-order valence-corrected chi connectivity index (χ4v) is 4.61. The predicted octanol–water partition coefficient (Wildman–Crippen LogP) is 4.17. The number of likely N-dealkylation sites (tertiary alicyclic amines) is 1. The SMILES string of the molecule is N#CCCn1cc(C=CC(=O)N2CCC(C(=O)Nc3ccc4c(c3)OCO4)CC2)c2ccccc21. The summed E-state index contributed by atoms with van der Waals surface area (Å²) in [6.45, 7) is 1.87. The van der Waals surface area contributed by atoms with Gasteiger partial charge < -0.3 is 24.3 Å². The number of fused-ring (bicyclic) bond motifs is 2. The van der Waals surface area contributed by atoms with E-state index in [1.165, 1.54) is 0 Å². The van der Waals surface area contributed by atoms with Gasteiger partial charge in [0.15, 0.2) is 11.5 Å². The van der Waals surface area contributed by atoms with E-state index in [9.17, 15) is 9.59 Å². The van der Waals surface area contributed by atoms with E-state index in [0.717, 1.165) is 16.5 Å². The van der Waals surface area contributed by atoms with Crippen LogP contribution in [-0.2, 0) is 16.1 Å². The summed E-state index contributed by atoms with van der Waals surface area (Å²) in [6, 6.07) is 15.5. The number of para-hydroxylation sites is 1. The van der Waals surface area contributed by atoms with Crippen molar-refractivity contribution in [2.24, 2.45) is 5.92 Å². The van der Waals surface area contributed by atoms with Crippen LogP contribution in [0.2, 0.25) is 0 Å². The molecule has 0 bridgehead atoms. The number of nitriles is 1. The third-order valence-electron chi connectivity index (χ3n) is 6.51. The Morgan fingerprint density at radius 1 is 1.11 bits per heavy atom. The Hall–Kier alpha value is -4.25. The maximum absolute atomic E-state index is 12.8. The molecule has 5 rings (SSSR count). The lowest BCUT2D eigenvalue weighted by molar-refractivity contribution is -0.130. The Morgan fingerprint density at radius 3 is 2.74 bits per heavy atom. The molecule has 2 amide bonds. The van der Waals surface area contributed by atoms with Crippen LogP contribution in [0.5, 0.6) is 11.5 Å². The fraction of sp³-hybridized carbons (Fsp3) is 0.296. The van der Waals surface area contributed by atoms with E-state index in [0.29, 0.717) is 56.1 Å². The van der Waals surface area contributed by atoms with Crippen LogP contribution in [0.15, 0.2) is 54.7 Å². The highest BCUT2D eigenvalue weighted by Gasteiger charge is 2.27. The van der Waals surface area contributed by atoms with E-state index < -0.39 is 0 Å². The van der Waals surface area contributed by atoms with Gasteiger partial charge in [-0.25, -0.2) is 0 Å². The van der Waals surface area contributed by atoms with Gasteiger partial charge in [0, 0.05) is 66.0 Å². The van der Waals surface area contributed by atoms with E-state index in [4.69, 9.17) is 14.7 Å². The number of rotatable bonds is 6. The molecule has 3 aromatic rings. The maximum atomic E-state index is 12.8. The summed E-state index contributed by atoms with van der Waals surface area (Å²) in [7, 11) is 0. The van der Waals surface area contributed by atoms with Gasteiger partial charge >= 0.3 is 0 Å². The first-order chi connectivity index (χ1) is 17.1. The molecule has 2 aliphatic rings. The number of carbonyl (C=O) groups is 2. The summed E-state index contributed by atoms with van der Waals surface area (Å²) in [4.78, 5) is 27.3. The predicted molar refractivity (Wildman–Crippen MR) is 132 cm³/mol. The van der Waals surface area contributed by atoms with Gasteiger partial charge in [0.2, 0.25) is 18.6 Å². The zero-order valence-corrected chi connectivity index (χ0v) is 19.3. The highest BCUT2D eigenvalue weighted by atomic mass is 16.7. The smallest absolute Gasteiger partial charge is 0.246 e. The van der Waals surface area contributed by atoms with Gasteiger partial charge in [-0.05, 0) is 37.1 Å². The first-order valence-corrected chi connectivity index (χ1v) is 11.7. The number of nitrogens with one attached hydrogen (secondary N) is 1. The topological polar surface area (TPSA) is 96.6 Å². The number of aryl methyl sites for hydroxylation is 1. The van der Waals surface area contributed by atoms with Crippen molar-refractivity contribution in [3.05, 3.63) is 60.3 Å². The van der Waals surface area contributed by atoms with Crippen LogP contribution in [0.1, 0.15) is 24.8 Å². The largest absolute Gasteiger partial charge is 0.454 e. The summed E-state index contributed by atoms with van der Waals surface area (Å²) in [5, 5.41) is 12.9. The van der Waals surface area contributed by atoms with Crippen molar-refractivity contribution in [1.29, 1.82) is 5.26 Å². The number of ether oxygens (including phenoxy) is 2. The Kier molecular flexibility index (Phi) is 6.40. The molecule has 1 fully saturated rings. The van der Waals surface area contributed by atoms with Gasteiger partial charge in [-0.2, -0.15) is 5.26 Å². The van der Waals surface area contributed by atoms with Crippen molar-refractivity contribution in [3.8, 4) is 17.6 Å². The van der Waals surface area contributed by atoms with Crippen molar-refractivity contribution in [1.82, 2.24) is 9.47 Å². The number of nitrogens with zero attached hydrogens (tertiary/aromatic N) is 3. The first kappa shape index (κ1) is 22.5.